The highest BCUT2D eigenvalue weighted by Gasteiger charge is 2.09. The zero-order chi connectivity index (χ0) is 17.9. The van der Waals surface area contributed by atoms with Gasteiger partial charge >= 0.3 is 0 Å². The molecule has 0 fully saturated rings. The van der Waals surface area contributed by atoms with Crippen LogP contribution < -0.4 is 10.5 Å². The maximum atomic E-state index is 5.88. The van der Waals surface area contributed by atoms with Gasteiger partial charge in [-0.3, -0.25) is 5.10 Å². The van der Waals surface area contributed by atoms with E-state index < -0.39 is 0 Å². The molecule has 0 spiro atoms. The normalized spacial score (nSPS) is 10.7. The van der Waals surface area contributed by atoms with E-state index in [4.69, 9.17) is 10.5 Å². The molecular formula is C20H15BrN4O. The molecule has 0 aliphatic heterocycles. The van der Waals surface area contributed by atoms with Crippen molar-refractivity contribution in [2.24, 2.45) is 0 Å². The van der Waals surface area contributed by atoms with Crippen molar-refractivity contribution in [1.29, 1.82) is 0 Å². The molecule has 0 radical (unpaired) electrons. The van der Waals surface area contributed by atoms with E-state index in [1.54, 1.807) is 12.1 Å². The van der Waals surface area contributed by atoms with Gasteiger partial charge in [-0.2, -0.15) is 5.10 Å². The summed E-state index contributed by atoms with van der Waals surface area (Å²) in [4.78, 5) is 4.59. The number of nitrogen functional groups attached to an aromatic ring is 1. The molecule has 0 amide bonds. The van der Waals surface area contributed by atoms with Crippen molar-refractivity contribution < 1.29 is 4.74 Å². The number of rotatable bonds is 4. The van der Waals surface area contributed by atoms with E-state index in [1.165, 1.54) is 0 Å². The number of nitrogens with zero attached hydrogens (tertiary/aromatic N) is 2. The molecule has 0 atom stereocenters. The summed E-state index contributed by atoms with van der Waals surface area (Å²) in [6, 6.07) is 22.8. The van der Waals surface area contributed by atoms with Crippen molar-refractivity contribution in [1.82, 2.24) is 15.2 Å². The van der Waals surface area contributed by atoms with Gasteiger partial charge in [0.15, 0.2) is 11.6 Å². The Morgan fingerprint density at radius 2 is 1.62 bits per heavy atom. The van der Waals surface area contributed by atoms with E-state index in [0.717, 1.165) is 21.3 Å². The van der Waals surface area contributed by atoms with Gasteiger partial charge in [0.05, 0.1) is 0 Å². The van der Waals surface area contributed by atoms with Crippen LogP contribution in [0.2, 0.25) is 0 Å². The number of benzene rings is 3. The summed E-state index contributed by atoms with van der Waals surface area (Å²) in [5.74, 6) is 2.77. The number of nitrogens with two attached hydrogens (primary N) is 1. The van der Waals surface area contributed by atoms with Crippen LogP contribution in [0.3, 0.4) is 0 Å². The smallest absolute Gasteiger partial charge is 0.181 e. The second-order valence-electron chi connectivity index (χ2n) is 5.72. The van der Waals surface area contributed by atoms with Gasteiger partial charge < -0.3 is 10.5 Å². The lowest BCUT2D eigenvalue weighted by Gasteiger charge is -2.07. The molecule has 0 aliphatic carbocycles. The third-order valence-corrected chi connectivity index (χ3v) is 4.28. The zero-order valence-corrected chi connectivity index (χ0v) is 15.3. The molecule has 1 aromatic heterocycles. The summed E-state index contributed by atoms with van der Waals surface area (Å²) in [7, 11) is 0. The summed E-state index contributed by atoms with van der Waals surface area (Å²) < 4.78 is 6.87. The van der Waals surface area contributed by atoms with Crippen LogP contribution in [-0.2, 0) is 0 Å². The molecule has 1 heterocycles. The Morgan fingerprint density at radius 1 is 0.846 bits per heavy atom. The number of H-pyrrole nitrogens is 1. The van der Waals surface area contributed by atoms with E-state index >= 15 is 0 Å². The SMILES string of the molecule is Nc1ccc(Oc2cccc(-c3nc(-c4cccc(Br)c4)n[nH]3)c2)cc1. The molecule has 6 heteroatoms. The van der Waals surface area contributed by atoms with Crippen LogP contribution in [0.25, 0.3) is 22.8 Å². The lowest BCUT2D eigenvalue weighted by molar-refractivity contribution is 0.483. The van der Waals surface area contributed by atoms with Crippen LogP contribution in [0.4, 0.5) is 5.69 Å². The van der Waals surface area contributed by atoms with Crippen molar-refractivity contribution in [3.63, 3.8) is 0 Å². The number of halogens is 1. The summed E-state index contributed by atoms with van der Waals surface area (Å²) >= 11 is 3.47. The fourth-order valence-electron chi connectivity index (χ4n) is 2.53. The van der Waals surface area contributed by atoms with Crippen molar-refractivity contribution in [2.45, 2.75) is 0 Å². The third kappa shape index (κ3) is 3.60. The first-order chi connectivity index (χ1) is 12.7. The standard InChI is InChI=1S/C20H15BrN4O/c21-15-5-1-3-13(11-15)19-23-20(25-24-19)14-4-2-6-18(12-14)26-17-9-7-16(22)8-10-17/h1-12H,22H2,(H,23,24,25). The molecule has 4 rings (SSSR count). The van der Waals surface area contributed by atoms with Crippen LogP contribution >= 0.6 is 15.9 Å². The molecule has 26 heavy (non-hydrogen) atoms. The minimum atomic E-state index is 0.645. The van der Waals surface area contributed by atoms with Crippen LogP contribution in [0.1, 0.15) is 0 Å². The maximum absolute atomic E-state index is 5.88. The molecule has 5 nitrogen and oxygen atoms in total. The maximum Gasteiger partial charge on any atom is 0.181 e. The number of anilines is 1. The summed E-state index contributed by atoms with van der Waals surface area (Å²) in [6.07, 6.45) is 0. The predicted octanol–water partition coefficient (Wildman–Crippen LogP) is 5.28. The van der Waals surface area contributed by atoms with E-state index in [1.807, 2.05) is 60.7 Å². The predicted molar refractivity (Wildman–Crippen MR) is 106 cm³/mol. The quantitative estimate of drug-likeness (QED) is 0.452. The molecule has 4 aromatic rings. The highest BCUT2D eigenvalue weighted by Crippen LogP contribution is 2.27. The van der Waals surface area contributed by atoms with Crippen LogP contribution in [-0.4, -0.2) is 15.2 Å². The van der Waals surface area contributed by atoms with Gasteiger partial charge in [-0.15, -0.1) is 0 Å². The largest absolute Gasteiger partial charge is 0.457 e. The fraction of sp³-hybridized carbons (Fsp3) is 0. The van der Waals surface area contributed by atoms with Gasteiger partial charge in [0, 0.05) is 21.3 Å². The fourth-order valence-corrected chi connectivity index (χ4v) is 2.93. The van der Waals surface area contributed by atoms with E-state index in [9.17, 15) is 0 Å². The van der Waals surface area contributed by atoms with Gasteiger partial charge in [0.1, 0.15) is 11.5 Å². The van der Waals surface area contributed by atoms with Crippen LogP contribution in [0.15, 0.2) is 77.3 Å². The number of nitrogens with one attached hydrogen (secondary N) is 1. The van der Waals surface area contributed by atoms with Crippen molar-refractivity contribution in [3.05, 3.63) is 77.3 Å². The van der Waals surface area contributed by atoms with Gasteiger partial charge in [0.2, 0.25) is 0 Å². The zero-order valence-electron chi connectivity index (χ0n) is 13.7. The van der Waals surface area contributed by atoms with Gasteiger partial charge in [0.25, 0.3) is 0 Å². The summed E-state index contributed by atoms with van der Waals surface area (Å²) in [5.41, 5.74) is 8.24. The van der Waals surface area contributed by atoms with E-state index in [0.29, 0.717) is 23.1 Å². The molecule has 0 aliphatic rings. The first-order valence-electron chi connectivity index (χ1n) is 7.99. The molecule has 3 N–H and O–H groups in total. The lowest BCUT2D eigenvalue weighted by Crippen LogP contribution is -1.88. The molecule has 0 bridgehead atoms. The minimum absolute atomic E-state index is 0.645. The Balaban J connectivity index is 1.59. The number of aromatic nitrogens is 3. The molecular weight excluding hydrogens is 392 g/mol. The number of aromatic amines is 1. The second kappa shape index (κ2) is 7.01. The van der Waals surface area contributed by atoms with Crippen LogP contribution in [0.5, 0.6) is 11.5 Å². The van der Waals surface area contributed by atoms with Crippen LogP contribution in [0, 0.1) is 0 Å². The summed E-state index contributed by atoms with van der Waals surface area (Å²) in [6.45, 7) is 0. The first-order valence-corrected chi connectivity index (χ1v) is 8.79. The van der Waals surface area contributed by atoms with Gasteiger partial charge in [-0.05, 0) is 48.5 Å². The Morgan fingerprint density at radius 3 is 2.42 bits per heavy atom. The Hall–Kier alpha value is -3.12. The number of hydrogen-bond donors (Lipinski definition) is 2. The molecule has 3 aromatic carbocycles. The van der Waals surface area contributed by atoms with Gasteiger partial charge in [-0.1, -0.05) is 40.2 Å². The Bertz CT molecular complexity index is 1040. The Kier molecular flexibility index (Phi) is 4.41. The Labute approximate surface area is 159 Å². The average Bonchev–Trinajstić information content (AvgIpc) is 3.14. The average molecular weight is 407 g/mol. The highest BCUT2D eigenvalue weighted by molar-refractivity contribution is 9.10. The monoisotopic (exact) mass is 406 g/mol. The van der Waals surface area contributed by atoms with E-state index in [-0.39, 0.29) is 0 Å². The van der Waals surface area contributed by atoms with E-state index in [2.05, 4.69) is 31.1 Å². The van der Waals surface area contributed by atoms with Gasteiger partial charge in [-0.25, -0.2) is 4.98 Å². The molecule has 128 valence electrons. The highest BCUT2D eigenvalue weighted by atomic mass is 79.9. The lowest BCUT2D eigenvalue weighted by atomic mass is 10.2. The molecule has 0 saturated carbocycles. The number of hydrogen-bond acceptors (Lipinski definition) is 4. The van der Waals surface area contributed by atoms with Crippen molar-refractivity contribution >= 4 is 21.6 Å². The summed E-state index contributed by atoms with van der Waals surface area (Å²) in [5, 5.41) is 7.31. The number of ether oxygens (including phenoxy) is 1. The second-order valence-corrected chi connectivity index (χ2v) is 6.63. The third-order valence-electron chi connectivity index (χ3n) is 3.79. The molecule has 0 unspecified atom stereocenters. The minimum Gasteiger partial charge on any atom is -0.457 e. The topological polar surface area (TPSA) is 76.8 Å². The van der Waals surface area contributed by atoms with Crippen molar-refractivity contribution in [2.75, 3.05) is 5.73 Å². The first kappa shape index (κ1) is 16.4. The molecule has 0 saturated heterocycles. The van der Waals surface area contributed by atoms with Crippen molar-refractivity contribution in [3.8, 4) is 34.3 Å².